The lowest BCUT2D eigenvalue weighted by Crippen LogP contribution is -2.04. The second-order valence-electron chi connectivity index (χ2n) is 5.68. The van der Waals surface area contributed by atoms with Crippen LogP contribution in [0.1, 0.15) is 35.7 Å². The summed E-state index contributed by atoms with van der Waals surface area (Å²) in [6, 6.07) is 10.1. The Morgan fingerprint density at radius 1 is 1.19 bits per heavy atom. The van der Waals surface area contributed by atoms with Crippen molar-refractivity contribution >= 4 is 11.3 Å². The van der Waals surface area contributed by atoms with E-state index >= 15 is 0 Å². The number of pyridine rings is 1. The summed E-state index contributed by atoms with van der Waals surface area (Å²) in [5.74, 6) is 5.82. The first-order chi connectivity index (χ1) is 13.2. The van der Waals surface area contributed by atoms with E-state index in [9.17, 15) is 4.39 Å². The molecule has 0 amide bonds. The molecule has 0 fully saturated rings. The molecular weight excluding hydrogens is 363 g/mol. The zero-order chi connectivity index (χ0) is 18.9. The van der Waals surface area contributed by atoms with Gasteiger partial charge in [-0.05, 0) is 42.2 Å². The Morgan fingerprint density at radius 2 is 2.11 bits per heavy atom. The predicted molar refractivity (Wildman–Crippen MR) is 103 cm³/mol. The third-order valence-corrected chi connectivity index (χ3v) is 4.54. The van der Waals surface area contributed by atoms with Gasteiger partial charge in [0.1, 0.15) is 35.0 Å². The van der Waals surface area contributed by atoms with Gasteiger partial charge in [0.05, 0.1) is 6.61 Å². The van der Waals surface area contributed by atoms with E-state index in [0.717, 1.165) is 11.4 Å². The molecule has 0 saturated carbocycles. The minimum Gasteiger partial charge on any atom is -0.481 e. The molecule has 2 aromatic heterocycles. The first kappa shape index (κ1) is 19.0. The number of nitrogens with zero attached hydrogens (tertiary/aromatic N) is 2. The van der Waals surface area contributed by atoms with Gasteiger partial charge in [-0.1, -0.05) is 18.9 Å². The molecule has 4 nitrogen and oxygen atoms in total. The second-order valence-corrected chi connectivity index (χ2v) is 6.60. The lowest BCUT2D eigenvalue weighted by atomic mass is 10.2. The highest BCUT2D eigenvalue weighted by atomic mass is 32.1. The van der Waals surface area contributed by atoms with Crippen LogP contribution in [0.15, 0.2) is 54.2 Å². The van der Waals surface area contributed by atoms with E-state index < -0.39 is 0 Å². The van der Waals surface area contributed by atoms with Crippen molar-refractivity contribution in [2.24, 2.45) is 0 Å². The molecule has 0 bridgehead atoms. The van der Waals surface area contributed by atoms with Gasteiger partial charge >= 0.3 is 0 Å². The molecular formula is C21H19FN2O2S. The summed E-state index contributed by atoms with van der Waals surface area (Å²) in [6.07, 6.45) is 4.14. The highest BCUT2D eigenvalue weighted by Gasteiger charge is 2.13. The smallest absolute Gasteiger partial charge is 0.149 e. The topological polar surface area (TPSA) is 44.2 Å². The summed E-state index contributed by atoms with van der Waals surface area (Å²) in [5, 5.41) is 2.84. The quantitative estimate of drug-likeness (QED) is 0.552. The van der Waals surface area contributed by atoms with Crippen molar-refractivity contribution in [1.82, 2.24) is 9.97 Å². The summed E-state index contributed by atoms with van der Waals surface area (Å²) < 4.78 is 25.3. The molecule has 6 heteroatoms. The van der Waals surface area contributed by atoms with Crippen LogP contribution in [0.25, 0.3) is 0 Å². The number of benzene rings is 1. The van der Waals surface area contributed by atoms with Crippen LogP contribution in [0.2, 0.25) is 0 Å². The van der Waals surface area contributed by atoms with E-state index in [1.807, 2.05) is 30.5 Å². The maximum absolute atomic E-state index is 13.9. The zero-order valence-electron chi connectivity index (χ0n) is 14.9. The number of thiazole rings is 1. The van der Waals surface area contributed by atoms with Gasteiger partial charge in [0.2, 0.25) is 0 Å². The number of hydrogen-bond acceptors (Lipinski definition) is 5. The maximum atomic E-state index is 13.9. The number of aromatic nitrogens is 2. The highest BCUT2D eigenvalue weighted by Crippen LogP contribution is 2.25. The average Bonchev–Trinajstić information content (AvgIpc) is 3.21. The fourth-order valence-electron chi connectivity index (χ4n) is 2.42. The van der Waals surface area contributed by atoms with Crippen LogP contribution >= 0.6 is 11.3 Å². The van der Waals surface area contributed by atoms with Crippen molar-refractivity contribution in [2.75, 3.05) is 6.61 Å². The standard InChI is InChI=1S/C21H19FN2O2S/c1-2-20(21-24-9-11-27-21)26-15-16-12-17(22)14-19(13-16)25-10-5-7-18-6-3-4-8-23-18/h3-4,6,8-9,11-14,20H,2,10,15H2,1H3. The van der Waals surface area contributed by atoms with E-state index in [-0.39, 0.29) is 25.1 Å². The summed E-state index contributed by atoms with van der Waals surface area (Å²) in [4.78, 5) is 8.40. The van der Waals surface area contributed by atoms with Gasteiger partial charge in [0, 0.05) is 23.8 Å². The van der Waals surface area contributed by atoms with E-state index in [0.29, 0.717) is 17.0 Å². The van der Waals surface area contributed by atoms with E-state index in [1.54, 1.807) is 29.8 Å². The minimum absolute atomic E-state index is 0.0955. The van der Waals surface area contributed by atoms with Gasteiger partial charge in [0.15, 0.2) is 0 Å². The van der Waals surface area contributed by atoms with E-state index in [2.05, 4.69) is 21.8 Å². The van der Waals surface area contributed by atoms with Crippen LogP contribution in [-0.4, -0.2) is 16.6 Å². The van der Waals surface area contributed by atoms with Crippen LogP contribution in [0, 0.1) is 17.7 Å². The van der Waals surface area contributed by atoms with Crippen LogP contribution in [-0.2, 0) is 11.3 Å². The van der Waals surface area contributed by atoms with Crippen LogP contribution < -0.4 is 4.74 Å². The van der Waals surface area contributed by atoms with Gasteiger partial charge in [-0.25, -0.2) is 14.4 Å². The Morgan fingerprint density at radius 3 is 2.85 bits per heavy atom. The first-order valence-electron chi connectivity index (χ1n) is 8.57. The molecule has 0 aliphatic carbocycles. The van der Waals surface area contributed by atoms with Crippen molar-refractivity contribution in [3.8, 4) is 17.6 Å². The first-order valence-corrected chi connectivity index (χ1v) is 9.45. The Hall–Kier alpha value is -2.75. The van der Waals surface area contributed by atoms with Crippen molar-refractivity contribution in [1.29, 1.82) is 0 Å². The molecule has 0 N–H and O–H groups in total. The summed E-state index contributed by atoms with van der Waals surface area (Å²) in [5.41, 5.74) is 1.37. The maximum Gasteiger partial charge on any atom is 0.149 e. The largest absolute Gasteiger partial charge is 0.481 e. The Balaban J connectivity index is 1.58. The molecule has 1 atom stereocenters. The van der Waals surface area contributed by atoms with Crippen molar-refractivity contribution in [3.63, 3.8) is 0 Å². The van der Waals surface area contributed by atoms with E-state index in [1.165, 1.54) is 12.1 Å². The lowest BCUT2D eigenvalue weighted by molar-refractivity contribution is 0.0368. The molecule has 138 valence electrons. The Labute approximate surface area is 162 Å². The predicted octanol–water partition coefficient (Wildman–Crippen LogP) is 4.78. The zero-order valence-corrected chi connectivity index (χ0v) is 15.7. The van der Waals surface area contributed by atoms with Crippen molar-refractivity contribution < 1.29 is 13.9 Å². The van der Waals surface area contributed by atoms with E-state index in [4.69, 9.17) is 9.47 Å². The molecule has 3 rings (SSSR count). The van der Waals surface area contributed by atoms with Gasteiger partial charge < -0.3 is 9.47 Å². The molecule has 27 heavy (non-hydrogen) atoms. The fourth-order valence-corrected chi connectivity index (χ4v) is 3.19. The van der Waals surface area contributed by atoms with Gasteiger partial charge in [-0.2, -0.15) is 0 Å². The number of hydrogen-bond donors (Lipinski definition) is 0. The van der Waals surface area contributed by atoms with Crippen molar-refractivity contribution in [2.45, 2.75) is 26.1 Å². The Kier molecular flexibility index (Phi) is 6.91. The van der Waals surface area contributed by atoms with Gasteiger partial charge in [0.25, 0.3) is 0 Å². The van der Waals surface area contributed by atoms with Gasteiger partial charge in [-0.15, -0.1) is 11.3 Å². The number of halogens is 1. The number of ether oxygens (including phenoxy) is 2. The molecule has 0 spiro atoms. The SMILES string of the molecule is CCC(OCc1cc(F)cc(OCC#Cc2ccccn2)c1)c1nccs1. The average molecular weight is 382 g/mol. The fraction of sp³-hybridized carbons (Fsp3) is 0.238. The third-order valence-electron chi connectivity index (χ3n) is 3.67. The van der Waals surface area contributed by atoms with Crippen LogP contribution in [0.5, 0.6) is 5.75 Å². The monoisotopic (exact) mass is 382 g/mol. The summed E-state index contributed by atoms with van der Waals surface area (Å²) >= 11 is 1.55. The molecule has 0 aliphatic rings. The summed E-state index contributed by atoms with van der Waals surface area (Å²) in [7, 11) is 0. The third kappa shape index (κ3) is 5.88. The molecule has 1 unspecified atom stereocenters. The molecule has 0 saturated heterocycles. The molecule has 2 heterocycles. The normalized spacial score (nSPS) is 11.5. The molecule has 1 aromatic carbocycles. The lowest BCUT2D eigenvalue weighted by Gasteiger charge is -2.14. The van der Waals surface area contributed by atoms with Crippen molar-refractivity contribution in [3.05, 3.63) is 76.3 Å². The van der Waals surface area contributed by atoms with Crippen LogP contribution in [0.3, 0.4) is 0 Å². The Bertz CT molecular complexity index is 905. The molecule has 3 aromatic rings. The molecule has 0 aliphatic heterocycles. The highest BCUT2D eigenvalue weighted by molar-refractivity contribution is 7.09. The number of rotatable bonds is 7. The summed E-state index contributed by atoms with van der Waals surface area (Å²) in [6.45, 7) is 2.47. The molecule has 0 radical (unpaired) electrons. The second kappa shape index (κ2) is 9.81. The van der Waals surface area contributed by atoms with Crippen LogP contribution in [0.4, 0.5) is 4.39 Å². The van der Waals surface area contributed by atoms with Gasteiger partial charge in [-0.3, -0.25) is 0 Å². The minimum atomic E-state index is -0.369.